The number of aromatic nitrogens is 2. The number of amides is 1. The van der Waals surface area contributed by atoms with Crippen molar-refractivity contribution in [1.29, 1.82) is 0 Å². The molecule has 0 aliphatic rings. The molecule has 0 saturated carbocycles. The van der Waals surface area contributed by atoms with E-state index < -0.39 is 0 Å². The first kappa shape index (κ1) is 14.1. The summed E-state index contributed by atoms with van der Waals surface area (Å²) in [5, 5.41) is 2.76. The van der Waals surface area contributed by atoms with Crippen molar-refractivity contribution in [2.24, 2.45) is 0 Å². The molecule has 0 bridgehead atoms. The van der Waals surface area contributed by atoms with Crippen LogP contribution in [0, 0.1) is 0 Å². The molecule has 4 nitrogen and oxygen atoms in total. The van der Waals surface area contributed by atoms with Gasteiger partial charge in [-0.2, -0.15) is 0 Å². The van der Waals surface area contributed by atoms with Crippen LogP contribution < -0.4 is 5.32 Å². The van der Waals surface area contributed by atoms with Crippen LogP contribution in [-0.2, 0) is 11.3 Å². The van der Waals surface area contributed by atoms with Crippen LogP contribution in [0.5, 0.6) is 0 Å². The zero-order valence-corrected chi connectivity index (χ0v) is 12.4. The van der Waals surface area contributed by atoms with Crippen LogP contribution in [0.2, 0.25) is 0 Å². The highest BCUT2D eigenvalue weighted by Crippen LogP contribution is 2.20. The Morgan fingerprint density at radius 2 is 1.82 bits per heavy atom. The number of hydrogen-bond donors (Lipinski definition) is 1. The average Bonchev–Trinajstić information content (AvgIpc) is 2.97. The fraction of sp³-hybridized carbons (Fsp3) is 0.111. The van der Waals surface area contributed by atoms with Gasteiger partial charge < -0.3 is 9.88 Å². The molecule has 1 N–H and O–H groups in total. The highest BCUT2D eigenvalue weighted by atomic mass is 16.1. The summed E-state index contributed by atoms with van der Waals surface area (Å²) in [5.41, 5.74) is 3.98. The van der Waals surface area contributed by atoms with Gasteiger partial charge in [-0.3, -0.25) is 4.79 Å². The summed E-state index contributed by atoms with van der Waals surface area (Å²) in [7, 11) is 0. The van der Waals surface area contributed by atoms with E-state index >= 15 is 0 Å². The van der Waals surface area contributed by atoms with Gasteiger partial charge in [-0.15, -0.1) is 0 Å². The van der Waals surface area contributed by atoms with Gasteiger partial charge in [0.05, 0.1) is 12.0 Å². The van der Waals surface area contributed by atoms with Crippen molar-refractivity contribution in [2.45, 2.75) is 13.5 Å². The molecule has 3 aromatic rings. The lowest BCUT2D eigenvalue weighted by atomic mass is 10.1. The molecule has 3 rings (SSSR count). The van der Waals surface area contributed by atoms with Gasteiger partial charge in [0.1, 0.15) is 0 Å². The largest absolute Gasteiger partial charge is 0.332 e. The molecule has 110 valence electrons. The van der Waals surface area contributed by atoms with Crippen LogP contribution in [0.1, 0.15) is 12.5 Å². The van der Waals surface area contributed by atoms with E-state index in [0.29, 0.717) is 0 Å². The lowest BCUT2D eigenvalue weighted by molar-refractivity contribution is -0.114. The Balaban J connectivity index is 1.74. The molecule has 0 aliphatic carbocycles. The molecule has 1 amide bonds. The highest BCUT2D eigenvalue weighted by Gasteiger charge is 2.03. The average molecular weight is 291 g/mol. The Morgan fingerprint density at radius 1 is 1.09 bits per heavy atom. The first-order valence-electron chi connectivity index (χ1n) is 7.14. The Bertz CT molecular complexity index is 761. The summed E-state index contributed by atoms with van der Waals surface area (Å²) in [6, 6.07) is 18.0. The number of imidazole rings is 1. The quantitative estimate of drug-likeness (QED) is 0.799. The Hall–Kier alpha value is -2.88. The van der Waals surface area contributed by atoms with Crippen molar-refractivity contribution in [1.82, 2.24) is 9.55 Å². The number of anilines is 1. The predicted octanol–water partition coefficient (Wildman–Crippen LogP) is 3.56. The Morgan fingerprint density at radius 3 is 2.50 bits per heavy atom. The van der Waals surface area contributed by atoms with Gasteiger partial charge in [0.2, 0.25) is 5.91 Å². The zero-order valence-electron chi connectivity index (χ0n) is 12.4. The minimum Gasteiger partial charge on any atom is -0.332 e. The fourth-order valence-electron chi connectivity index (χ4n) is 2.32. The topological polar surface area (TPSA) is 46.9 Å². The molecule has 4 heteroatoms. The molecule has 22 heavy (non-hydrogen) atoms. The molecule has 1 heterocycles. The SMILES string of the molecule is CC(=O)Nc1ccc(-c2cn(Cc3ccccc3)cn2)cc1. The molecule has 0 aliphatic heterocycles. The van der Waals surface area contributed by atoms with Crippen molar-refractivity contribution < 1.29 is 4.79 Å². The zero-order chi connectivity index (χ0) is 15.4. The van der Waals surface area contributed by atoms with Crippen LogP contribution in [0.15, 0.2) is 67.1 Å². The monoisotopic (exact) mass is 291 g/mol. The summed E-state index contributed by atoms with van der Waals surface area (Å²) < 4.78 is 2.06. The van der Waals surface area contributed by atoms with Gasteiger partial charge >= 0.3 is 0 Å². The van der Waals surface area contributed by atoms with Crippen molar-refractivity contribution in [3.05, 3.63) is 72.7 Å². The summed E-state index contributed by atoms with van der Waals surface area (Å²) in [5.74, 6) is -0.0695. The van der Waals surface area contributed by atoms with Crippen LogP contribution in [0.25, 0.3) is 11.3 Å². The van der Waals surface area contributed by atoms with E-state index in [9.17, 15) is 4.79 Å². The second-order valence-electron chi connectivity index (χ2n) is 5.18. The van der Waals surface area contributed by atoms with Gasteiger partial charge in [0, 0.05) is 30.9 Å². The van der Waals surface area contributed by atoms with Crippen molar-refractivity contribution >= 4 is 11.6 Å². The number of carbonyl (C=O) groups excluding carboxylic acids is 1. The maximum absolute atomic E-state index is 11.0. The molecule has 0 unspecified atom stereocenters. The van der Waals surface area contributed by atoms with Crippen LogP contribution in [0.3, 0.4) is 0 Å². The van der Waals surface area contributed by atoms with E-state index in [2.05, 4.69) is 27.0 Å². The van der Waals surface area contributed by atoms with Crippen LogP contribution in [0.4, 0.5) is 5.69 Å². The summed E-state index contributed by atoms with van der Waals surface area (Å²) in [4.78, 5) is 15.5. The van der Waals surface area contributed by atoms with Gasteiger partial charge in [-0.1, -0.05) is 42.5 Å². The first-order valence-corrected chi connectivity index (χ1v) is 7.14. The number of benzene rings is 2. The van der Waals surface area contributed by atoms with Gasteiger partial charge in [0.15, 0.2) is 0 Å². The fourth-order valence-corrected chi connectivity index (χ4v) is 2.32. The van der Waals surface area contributed by atoms with Crippen LogP contribution in [-0.4, -0.2) is 15.5 Å². The van der Waals surface area contributed by atoms with Gasteiger partial charge in [0.25, 0.3) is 0 Å². The third kappa shape index (κ3) is 3.41. The van der Waals surface area contributed by atoms with Crippen LogP contribution >= 0.6 is 0 Å². The summed E-state index contributed by atoms with van der Waals surface area (Å²) >= 11 is 0. The van der Waals surface area contributed by atoms with E-state index in [1.54, 1.807) is 0 Å². The minimum atomic E-state index is -0.0695. The van der Waals surface area contributed by atoms with Crippen molar-refractivity contribution in [3.63, 3.8) is 0 Å². The number of nitrogens with one attached hydrogen (secondary N) is 1. The third-order valence-electron chi connectivity index (χ3n) is 3.34. The summed E-state index contributed by atoms with van der Waals surface area (Å²) in [6.45, 7) is 2.30. The third-order valence-corrected chi connectivity index (χ3v) is 3.34. The van der Waals surface area contributed by atoms with Crippen molar-refractivity contribution in [2.75, 3.05) is 5.32 Å². The lowest BCUT2D eigenvalue weighted by Gasteiger charge is -2.03. The maximum atomic E-state index is 11.0. The predicted molar refractivity (Wildman–Crippen MR) is 87.5 cm³/mol. The number of rotatable bonds is 4. The number of hydrogen-bond acceptors (Lipinski definition) is 2. The Kier molecular flexibility index (Phi) is 4.01. The number of nitrogens with zero attached hydrogens (tertiary/aromatic N) is 2. The molecule has 0 radical (unpaired) electrons. The molecular formula is C18H17N3O. The standard InChI is InChI=1S/C18H17N3O/c1-14(22)20-17-9-7-16(8-10-17)18-12-21(13-19-18)11-15-5-3-2-4-6-15/h2-10,12-13H,11H2,1H3,(H,20,22). The number of carbonyl (C=O) groups is 1. The first-order chi connectivity index (χ1) is 10.7. The second-order valence-corrected chi connectivity index (χ2v) is 5.18. The molecule has 0 atom stereocenters. The van der Waals surface area contributed by atoms with Crippen molar-refractivity contribution in [3.8, 4) is 11.3 Å². The van der Waals surface area contributed by atoms with E-state index in [1.807, 2.05) is 55.0 Å². The maximum Gasteiger partial charge on any atom is 0.221 e. The molecule has 0 saturated heterocycles. The second kappa shape index (κ2) is 6.26. The minimum absolute atomic E-state index is 0.0695. The van der Waals surface area contributed by atoms with E-state index in [-0.39, 0.29) is 5.91 Å². The molecule has 0 fully saturated rings. The van der Waals surface area contributed by atoms with Gasteiger partial charge in [-0.05, 0) is 17.7 Å². The summed E-state index contributed by atoms with van der Waals surface area (Å²) in [6.07, 6.45) is 3.87. The van der Waals surface area contributed by atoms with E-state index in [1.165, 1.54) is 12.5 Å². The lowest BCUT2D eigenvalue weighted by Crippen LogP contribution is -2.05. The highest BCUT2D eigenvalue weighted by molar-refractivity contribution is 5.88. The molecule has 0 spiro atoms. The molecular weight excluding hydrogens is 274 g/mol. The smallest absolute Gasteiger partial charge is 0.221 e. The van der Waals surface area contributed by atoms with E-state index in [4.69, 9.17) is 0 Å². The Labute approximate surface area is 129 Å². The molecule has 2 aromatic carbocycles. The normalized spacial score (nSPS) is 10.4. The van der Waals surface area contributed by atoms with Gasteiger partial charge in [-0.25, -0.2) is 4.98 Å². The van der Waals surface area contributed by atoms with E-state index in [0.717, 1.165) is 23.5 Å². The molecule has 1 aromatic heterocycles.